The van der Waals surface area contributed by atoms with E-state index in [0.29, 0.717) is 0 Å². The third kappa shape index (κ3) is 3.45. The fourth-order valence-corrected chi connectivity index (χ4v) is 1.50. The first kappa shape index (κ1) is 15.4. The second-order valence-electron chi connectivity index (χ2n) is 4.79. The molecule has 0 spiro atoms. The molecule has 0 unspecified atom stereocenters. The van der Waals surface area contributed by atoms with Crippen molar-refractivity contribution in [3.8, 4) is 11.8 Å². The summed E-state index contributed by atoms with van der Waals surface area (Å²) >= 11 is 0. The number of para-hydroxylation sites is 1. The molecule has 1 aromatic rings. The lowest BCUT2D eigenvalue weighted by Gasteiger charge is -2.16. The Hall–Kier alpha value is -2.62. The van der Waals surface area contributed by atoms with Crippen LogP contribution in [0.1, 0.15) is 24.2 Å². The van der Waals surface area contributed by atoms with Crippen molar-refractivity contribution in [3.63, 3.8) is 0 Å². The number of ether oxygens (including phenoxy) is 1. The smallest absolute Gasteiger partial charge is 0.311 e. The molecule has 1 amide bonds. The van der Waals surface area contributed by atoms with Crippen molar-refractivity contribution in [2.75, 3.05) is 13.7 Å². The number of carbonyl (C=O) groups is 1. The molecule has 0 saturated heterocycles. The van der Waals surface area contributed by atoms with E-state index in [1.165, 1.54) is 25.3 Å². The summed E-state index contributed by atoms with van der Waals surface area (Å²) in [7, 11) is 1.26. The fraction of sp³-hybridized carbons (Fsp3) is 0.385. The van der Waals surface area contributed by atoms with Crippen LogP contribution in [-0.4, -0.2) is 24.5 Å². The van der Waals surface area contributed by atoms with Crippen LogP contribution in [0.3, 0.4) is 0 Å². The average molecular weight is 277 g/mol. The van der Waals surface area contributed by atoms with Crippen LogP contribution in [0.2, 0.25) is 0 Å². The molecule has 0 aliphatic heterocycles. The maximum Gasteiger partial charge on any atom is 0.311 e. The van der Waals surface area contributed by atoms with Gasteiger partial charge in [0.1, 0.15) is 0 Å². The van der Waals surface area contributed by atoms with Gasteiger partial charge in [-0.1, -0.05) is 6.07 Å². The highest BCUT2D eigenvalue weighted by molar-refractivity contribution is 5.98. The highest BCUT2D eigenvalue weighted by atomic mass is 16.6. The fourth-order valence-electron chi connectivity index (χ4n) is 1.50. The van der Waals surface area contributed by atoms with Crippen molar-refractivity contribution in [1.29, 1.82) is 5.26 Å². The number of nitriles is 1. The summed E-state index contributed by atoms with van der Waals surface area (Å²) in [4.78, 5) is 22.3. The maximum atomic E-state index is 12.0. The van der Waals surface area contributed by atoms with Gasteiger partial charge < -0.3 is 10.1 Å². The minimum absolute atomic E-state index is 0.0652. The van der Waals surface area contributed by atoms with Gasteiger partial charge in [-0.25, -0.2) is 0 Å². The second-order valence-corrected chi connectivity index (χ2v) is 4.79. The minimum Gasteiger partial charge on any atom is -0.490 e. The van der Waals surface area contributed by atoms with Crippen LogP contribution >= 0.6 is 0 Å². The molecule has 20 heavy (non-hydrogen) atoms. The zero-order valence-corrected chi connectivity index (χ0v) is 11.5. The Balaban J connectivity index is 3.03. The van der Waals surface area contributed by atoms with E-state index in [1.54, 1.807) is 13.8 Å². The SMILES string of the molecule is COc1c(C(=O)NCC(C)(C)C#N)cccc1[N+](=O)[O-]. The van der Waals surface area contributed by atoms with Crippen molar-refractivity contribution in [2.24, 2.45) is 5.41 Å². The molecule has 1 rings (SSSR count). The van der Waals surface area contributed by atoms with E-state index >= 15 is 0 Å². The van der Waals surface area contributed by atoms with Crippen LogP contribution in [0.25, 0.3) is 0 Å². The summed E-state index contributed by atoms with van der Waals surface area (Å²) in [5.74, 6) is -0.612. The van der Waals surface area contributed by atoms with E-state index in [1.807, 2.05) is 0 Å². The molecule has 0 radical (unpaired) electrons. The average Bonchev–Trinajstić information content (AvgIpc) is 2.43. The van der Waals surface area contributed by atoms with Crippen molar-refractivity contribution >= 4 is 11.6 Å². The highest BCUT2D eigenvalue weighted by Crippen LogP contribution is 2.30. The molecule has 0 fully saturated rings. The number of benzene rings is 1. The number of nitrogens with one attached hydrogen (secondary N) is 1. The van der Waals surface area contributed by atoms with Crippen LogP contribution in [-0.2, 0) is 0 Å². The number of amides is 1. The molecule has 106 valence electrons. The third-order valence-electron chi connectivity index (χ3n) is 2.63. The van der Waals surface area contributed by atoms with Gasteiger partial charge in [0.25, 0.3) is 5.91 Å². The molecule has 0 aromatic heterocycles. The van der Waals surface area contributed by atoms with E-state index < -0.39 is 16.2 Å². The molecule has 0 aliphatic rings. The Morgan fingerprint density at radius 1 is 1.55 bits per heavy atom. The number of carbonyl (C=O) groups excluding carboxylic acids is 1. The molecule has 7 nitrogen and oxygen atoms in total. The maximum absolute atomic E-state index is 12.0. The quantitative estimate of drug-likeness (QED) is 0.653. The molecule has 0 heterocycles. The Kier molecular flexibility index (Phi) is 4.64. The first-order valence-electron chi connectivity index (χ1n) is 5.83. The summed E-state index contributed by atoms with van der Waals surface area (Å²) in [5, 5.41) is 22.3. The summed E-state index contributed by atoms with van der Waals surface area (Å²) in [6.45, 7) is 3.49. The number of nitro benzene ring substituents is 1. The van der Waals surface area contributed by atoms with Gasteiger partial charge in [-0.3, -0.25) is 14.9 Å². The molecule has 0 atom stereocenters. The number of rotatable bonds is 5. The van der Waals surface area contributed by atoms with Gasteiger partial charge in [0.2, 0.25) is 5.75 Å². The lowest BCUT2D eigenvalue weighted by molar-refractivity contribution is -0.385. The first-order valence-corrected chi connectivity index (χ1v) is 5.83. The Labute approximate surface area is 116 Å². The van der Waals surface area contributed by atoms with Gasteiger partial charge in [-0.2, -0.15) is 5.26 Å². The molecule has 0 aliphatic carbocycles. The largest absolute Gasteiger partial charge is 0.490 e. The Morgan fingerprint density at radius 3 is 2.70 bits per heavy atom. The number of nitro groups is 1. The van der Waals surface area contributed by atoms with Crippen molar-refractivity contribution < 1.29 is 14.5 Å². The number of hydrogen-bond donors (Lipinski definition) is 1. The summed E-state index contributed by atoms with van der Waals surface area (Å²) in [6, 6.07) is 6.15. The van der Waals surface area contributed by atoms with Gasteiger partial charge in [-0.15, -0.1) is 0 Å². The van der Waals surface area contributed by atoms with E-state index in [0.717, 1.165) is 0 Å². The van der Waals surface area contributed by atoms with Crippen LogP contribution in [0, 0.1) is 26.9 Å². The van der Waals surface area contributed by atoms with Gasteiger partial charge >= 0.3 is 5.69 Å². The van der Waals surface area contributed by atoms with E-state index in [-0.39, 0.29) is 23.5 Å². The van der Waals surface area contributed by atoms with Crippen LogP contribution in [0.4, 0.5) is 5.69 Å². The number of nitrogens with zero attached hydrogens (tertiary/aromatic N) is 2. The molecular formula is C13H15N3O4. The van der Waals surface area contributed by atoms with Gasteiger partial charge in [0, 0.05) is 12.6 Å². The first-order chi connectivity index (χ1) is 9.32. The standard InChI is InChI=1S/C13H15N3O4/c1-13(2,7-14)8-15-12(17)9-5-4-6-10(16(18)19)11(9)20-3/h4-6H,8H2,1-3H3,(H,15,17). The number of hydrogen-bond acceptors (Lipinski definition) is 5. The summed E-state index contributed by atoms with van der Waals surface area (Å²) in [6.07, 6.45) is 0. The Bertz CT molecular complexity index is 575. The lowest BCUT2D eigenvalue weighted by atomic mass is 9.96. The molecule has 1 N–H and O–H groups in total. The molecule has 0 bridgehead atoms. The highest BCUT2D eigenvalue weighted by Gasteiger charge is 2.24. The third-order valence-corrected chi connectivity index (χ3v) is 2.63. The molecule has 0 saturated carbocycles. The van der Waals surface area contributed by atoms with Crippen LogP contribution < -0.4 is 10.1 Å². The van der Waals surface area contributed by atoms with Gasteiger partial charge in [-0.05, 0) is 19.9 Å². The van der Waals surface area contributed by atoms with Crippen molar-refractivity contribution in [3.05, 3.63) is 33.9 Å². The summed E-state index contributed by atoms with van der Waals surface area (Å²) in [5.41, 5.74) is -0.931. The molecule has 7 heteroatoms. The van der Waals surface area contributed by atoms with Gasteiger partial charge in [0.15, 0.2) is 0 Å². The second kappa shape index (κ2) is 6.02. The lowest BCUT2D eigenvalue weighted by Crippen LogP contribution is -2.33. The molecule has 1 aromatic carbocycles. The van der Waals surface area contributed by atoms with E-state index in [2.05, 4.69) is 11.4 Å². The summed E-state index contributed by atoms with van der Waals surface area (Å²) < 4.78 is 4.95. The Morgan fingerprint density at radius 2 is 2.20 bits per heavy atom. The van der Waals surface area contributed by atoms with E-state index in [9.17, 15) is 14.9 Å². The normalized spacial score (nSPS) is 10.5. The van der Waals surface area contributed by atoms with E-state index in [4.69, 9.17) is 10.00 Å². The predicted molar refractivity (Wildman–Crippen MR) is 71.4 cm³/mol. The number of methoxy groups -OCH3 is 1. The zero-order chi connectivity index (χ0) is 15.3. The monoisotopic (exact) mass is 277 g/mol. The van der Waals surface area contributed by atoms with Crippen molar-refractivity contribution in [1.82, 2.24) is 5.32 Å². The van der Waals surface area contributed by atoms with Crippen LogP contribution in [0.5, 0.6) is 5.75 Å². The van der Waals surface area contributed by atoms with Crippen molar-refractivity contribution in [2.45, 2.75) is 13.8 Å². The minimum atomic E-state index is -0.719. The molecular weight excluding hydrogens is 262 g/mol. The predicted octanol–water partition coefficient (Wildman–Crippen LogP) is 1.88. The van der Waals surface area contributed by atoms with Crippen LogP contribution in [0.15, 0.2) is 18.2 Å². The zero-order valence-electron chi connectivity index (χ0n) is 11.5. The topological polar surface area (TPSA) is 105 Å². The van der Waals surface area contributed by atoms with Gasteiger partial charge in [0.05, 0.1) is 29.1 Å².